The number of Topliss-reactive ketones (excluding diaryl/α,β-unsaturated/α-hetero) is 1. The number of fused-ring (bicyclic) bond motifs is 1. The zero-order valence-corrected chi connectivity index (χ0v) is 17.2. The van der Waals surface area contributed by atoms with Crippen LogP contribution in [0.3, 0.4) is 0 Å². The van der Waals surface area contributed by atoms with Crippen molar-refractivity contribution < 1.29 is 4.79 Å². The van der Waals surface area contributed by atoms with Crippen molar-refractivity contribution in [1.29, 1.82) is 0 Å². The van der Waals surface area contributed by atoms with Crippen molar-refractivity contribution in [3.05, 3.63) is 106 Å². The highest BCUT2D eigenvalue weighted by Crippen LogP contribution is 2.32. The fraction of sp³-hybridized carbons (Fsp3) is 0.222. The number of hydrogen-bond donors (Lipinski definition) is 0. The lowest BCUT2D eigenvalue weighted by atomic mass is 9.83. The number of allylic oxidation sites excluding steroid dienone is 1. The van der Waals surface area contributed by atoms with Crippen LogP contribution in [0, 0.1) is 6.92 Å². The van der Waals surface area contributed by atoms with Crippen molar-refractivity contribution in [3.63, 3.8) is 0 Å². The van der Waals surface area contributed by atoms with E-state index >= 15 is 0 Å². The molecule has 1 unspecified atom stereocenters. The highest BCUT2D eigenvalue weighted by Gasteiger charge is 2.21. The maximum absolute atomic E-state index is 12.8. The quantitative estimate of drug-likeness (QED) is 0.495. The van der Waals surface area contributed by atoms with Gasteiger partial charge in [0.25, 0.3) is 0 Å². The first-order valence-corrected chi connectivity index (χ1v) is 10.1. The molecule has 0 heterocycles. The van der Waals surface area contributed by atoms with E-state index in [0.29, 0.717) is 12.3 Å². The predicted molar refractivity (Wildman–Crippen MR) is 120 cm³/mol. The summed E-state index contributed by atoms with van der Waals surface area (Å²) in [4.78, 5) is 12.8. The van der Waals surface area contributed by atoms with E-state index in [1.54, 1.807) is 0 Å². The van der Waals surface area contributed by atoms with Crippen molar-refractivity contribution in [2.75, 3.05) is 0 Å². The van der Waals surface area contributed by atoms with Crippen molar-refractivity contribution in [3.8, 4) is 0 Å². The molecule has 0 bridgehead atoms. The molecule has 0 saturated carbocycles. The molecule has 0 aliphatic heterocycles. The van der Waals surface area contributed by atoms with Gasteiger partial charge in [-0.15, -0.1) is 0 Å². The number of benzene rings is 3. The summed E-state index contributed by atoms with van der Waals surface area (Å²) in [5.74, 6) is 0.523. The van der Waals surface area contributed by atoms with Crippen LogP contribution in [0.4, 0.5) is 0 Å². The molecule has 0 saturated heterocycles. The van der Waals surface area contributed by atoms with E-state index in [0.717, 1.165) is 27.8 Å². The van der Waals surface area contributed by atoms with Gasteiger partial charge in [0.15, 0.2) is 5.78 Å². The number of carbonyl (C=O) groups excluding carboxylic acids is 1. The minimum absolute atomic E-state index is 0.205. The molecule has 3 aromatic rings. The Labute approximate surface area is 168 Å². The molecule has 1 nitrogen and oxygen atoms in total. The lowest BCUT2D eigenvalue weighted by Gasteiger charge is -2.20. The first-order valence-electron chi connectivity index (χ1n) is 10.1. The van der Waals surface area contributed by atoms with Crippen LogP contribution in [0.1, 0.15) is 60.1 Å². The monoisotopic (exact) mass is 368 g/mol. The summed E-state index contributed by atoms with van der Waals surface area (Å²) >= 11 is 0. The Morgan fingerprint density at radius 2 is 1.50 bits per heavy atom. The second-order valence-corrected chi connectivity index (χ2v) is 7.06. The zero-order chi connectivity index (χ0) is 20.1. The summed E-state index contributed by atoms with van der Waals surface area (Å²) < 4.78 is 0. The summed E-state index contributed by atoms with van der Waals surface area (Å²) in [6, 6.07) is 25.2. The molecular weight excluding hydrogens is 340 g/mol. The molecule has 1 aliphatic carbocycles. The maximum atomic E-state index is 12.8. The molecular formula is C27H28O. The molecule has 1 atom stereocenters. The van der Waals surface area contributed by atoms with Gasteiger partial charge in [-0.2, -0.15) is 0 Å². The number of rotatable bonds is 3. The molecule has 4 rings (SSSR count). The molecule has 0 aromatic heterocycles. The van der Waals surface area contributed by atoms with Gasteiger partial charge in [0, 0.05) is 17.9 Å². The van der Waals surface area contributed by atoms with E-state index in [1.165, 1.54) is 11.1 Å². The summed E-state index contributed by atoms with van der Waals surface area (Å²) in [5.41, 5.74) is 7.87. The molecule has 0 amide bonds. The summed E-state index contributed by atoms with van der Waals surface area (Å²) in [6.07, 6.45) is 2.53. The van der Waals surface area contributed by atoms with Crippen LogP contribution in [-0.4, -0.2) is 5.78 Å². The Morgan fingerprint density at radius 1 is 0.821 bits per heavy atom. The lowest BCUT2D eigenvalue weighted by molar-refractivity contribution is -0.113. The van der Waals surface area contributed by atoms with Crippen LogP contribution in [0.15, 0.2) is 72.8 Å². The molecule has 1 aliphatic rings. The summed E-state index contributed by atoms with van der Waals surface area (Å²) in [7, 11) is 0. The van der Waals surface area contributed by atoms with Gasteiger partial charge in [-0.05, 0) is 46.4 Å². The number of carbonyl (C=O) groups is 1. The molecule has 1 heteroatoms. The van der Waals surface area contributed by atoms with Crippen LogP contribution in [0.5, 0.6) is 0 Å². The molecule has 28 heavy (non-hydrogen) atoms. The van der Waals surface area contributed by atoms with Crippen molar-refractivity contribution in [1.82, 2.24) is 0 Å². The summed E-state index contributed by atoms with van der Waals surface area (Å²) in [6.45, 7) is 8.28. The number of hydrogen-bond acceptors (Lipinski definition) is 1. The minimum atomic E-state index is 0.205. The second-order valence-electron chi connectivity index (χ2n) is 7.06. The maximum Gasteiger partial charge on any atom is 0.167 e. The van der Waals surface area contributed by atoms with Gasteiger partial charge in [-0.25, -0.2) is 0 Å². The standard InChI is InChI=1S/C25H22O.C2H6/c1-17-8-6-7-11-23(17)24-15-21-13-12-20(14-22(21)16-25(24)26)18(2)19-9-4-3-5-10-19;1-2/h3-15,18H,16H2,1-2H3;1-2H3. The van der Waals surface area contributed by atoms with E-state index in [4.69, 9.17) is 0 Å². The first kappa shape index (κ1) is 19.8. The first-order chi connectivity index (χ1) is 13.6. The molecule has 3 aromatic carbocycles. The highest BCUT2D eigenvalue weighted by atomic mass is 16.1. The summed E-state index contributed by atoms with van der Waals surface area (Å²) in [5, 5.41) is 0. The molecule has 0 fully saturated rings. The van der Waals surface area contributed by atoms with Crippen molar-refractivity contribution in [2.45, 2.75) is 40.0 Å². The Morgan fingerprint density at radius 3 is 2.21 bits per heavy atom. The van der Waals surface area contributed by atoms with Gasteiger partial charge in [-0.3, -0.25) is 4.79 Å². The number of ketones is 1. The van der Waals surface area contributed by atoms with E-state index in [9.17, 15) is 4.79 Å². The van der Waals surface area contributed by atoms with Crippen molar-refractivity contribution in [2.24, 2.45) is 0 Å². The van der Waals surface area contributed by atoms with E-state index in [2.05, 4.69) is 68.5 Å². The Bertz CT molecular complexity index is 996. The second kappa shape index (κ2) is 8.84. The fourth-order valence-electron chi connectivity index (χ4n) is 3.73. The van der Waals surface area contributed by atoms with E-state index in [-0.39, 0.29) is 5.78 Å². The SMILES string of the molecule is CC.Cc1ccccc1C1=Cc2ccc(C(C)c3ccccc3)cc2CC1=O. The highest BCUT2D eigenvalue weighted by molar-refractivity contribution is 6.27. The van der Waals surface area contributed by atoms with Crippen LogP contribution in [-0.2, 0) is 11.2 Å². The van der Waals surface area contributed by atoms with Crippen LogP contribution in [0.25, 0.3) is 11.6 Å². The zero-order valence-electron chi connectivity index (χ0n) is 17.2. The van der Waals surface area contributed by atoms with Gasteiger partial charge < -0.3 is 0 Å². The lowest BCUT2D eigenvalue weighted by Crippen LogP contribution is -2.13. The third-order valence-corrected chi connectivity index (χ3v) is 5.35. The average Bonchev–Trinajstić information content (AvgIpc) is 2.75. The fourth-order valence-corrected chi connectivity index (χ4v) is 3.73. The van der Waals surface area contributed by atoms with Crippen LogP contribution >= 0.6 is 0 Å². The average molecular weight is 369 g/mol. The Hall–Kier alpha value is -2.93. The van der Waals surface area contributed by atoms with E-state index in [1.807, 2.05) is 38.1 Å². The van der Waals surface area contributed by atoms with E-state index < -0.39 is 0 Å². The largest absolute Gasteiger partial charge is 0.294 e. The third-order valence-electron chi connectivity index (χ3n) is 5.35. The van der Waals surface area contributed by atoms with Gasteiger partial charge in [0.05, 0.1) is 0 Å². The van der Waals surface area contributed by atoms with Crippen molar-refractivity contribution >= 4 is 17.4 Å². The molecule has 142 valence electrons. The van der Waals surface area contributed by atoms with Crippen LogP contribution in [0.2, 0.25) is 0 Å². The smallest absolute Gasteiger partial charge is 0.167 e. The topological polar surface area (TPSA) is 17.1 Å². The molecule has 0 spiro atoms. The predicted octanol–water partition coefficient (Wildman–Crippen LogP) is 6.84. The normalized spacial score (nSPS) is 13.7. The number of aryl methyl sites for hydroxylation is 1. The minimum Gasteiger partial charge on any atom is -0.294 e. The van der Waals surface area contributed by atoms with Gasteiger partial charge in [0.2, 0.25) is 0 Å². The Balaban J connectivity index is 0.00000109. The third kappa shape index (κ3) is 3.99. The van der Waals surface area contributed by atoms with Gasteiger partial charge in [-0.1, -0.05) is 93.6 Å². The Kier molecular flexibility index (Phi) is 6.26. The molecule has 0 radical (unpaired) electrons. The van der Waals surface area contributed by atoms with Crippen LogP contribution < -0.4 is 0 Å². The van der Waals surface area contributed by atoms with Gasteiger partial charge >= 0.3 is 0 Å². The van der Waals surface area contributed by atoms with Gasteiger partial charge in [0.1, 0.15) is 0 Å². The molecule has 0 N–H and O–H groups in total.